The first-order valence-electron chi connectivity index (χ1n) is 9.80. The van der Waals surface area contributed by atoms with Crippen molar-refractivity contribution in [2.45, 2.75) is 26.3 Å². The maximum atomic E-state index is 12.9. The summed E-state index contributed by atoms with van der Waals surface area (Å²) in [6, 6.07) is 10.8. The molecule has 0 radical (unpaired) electrons. The average molecular weight is 449 g/mol. The fourth-order valence-electron chi connectivity index (χ4n) is 2.88. The quantitative estimate of drug-likeness (QED) is 0.578. The molecule has 2 rings (SSSR count). The van der Waals surface area contributed by atoms with Gasteiger partial charge in [0.25, 0.3) is 5.91 Å². The Bertz CT molecular complexity index is 1040. The number of aryl methyl sites for hydroxylation is 1. The maximum Gasteiger partial charge on any atom is 0.251 e. The summed E-state index contributed by atoms with van der Waals surface area (Å²) in [6.07, 6.45) is 1.03. The zero-order chi connectivity index (χ0) is 23.0. The Morgan fingerprint density at radius 3 is 2.45 bits per heavy atom. The highest BCUT2D eigenvalue weighted by Crippen LogP contribution is 2.30. The van der Waals surface area contributed by atoms with E-state index in [0.717, 1.165) is 11.8 Å². The molecule has 0 aromatic heterocycles. The number of anilines is 1. The summed E-state index contributed by atoms with van der Waals surface area (Å²) in [5, 5.41) is 5.35. The standard InChI is InChI=1S/C22H28N2O6S/c1-5-30-19-10-9-17(14-20(19)29-3)23-22(26)18(11-12-31(4,27)28)24-21(25)16-8-6-7-15(2)13-16/h6-10,13-14,18H,5,11-12H2,1-4H3,(H,23,26)(H,24,25)/t18-/m1/s1. The van der Waals surface area contributed by atoms with E-state index in [2.05, 4.69) is 10.6 Å². The molecule has 0 aliphatic heterocycles. The molecule has 2 amide bonds. The predicted octanol–water partition coefficient (Wildman–Crippen LogP) is 2.57. The molecule has 8 nitrogen and oxygen atoms in total. The first-order valence-corrected chi connectivity index (χ1v) is 11.9. The first kappa shape index (κ1) is 24.2. The van der Waals surface area contributed by atoms with Crippen molar-refractivity contribution in [2.24, 2.45) is 0 Å². The topological polar surface area (TPSA) is 111 Å². The normalized spacial score (nSPS) is 12.0. The van der Waals surface area contributed by atoms with Gasteiger partial charge in [0.05, 0.1) is 19.5 Å². The van der Waals surface area contributed by atoms with Crippen LogP contribution in [0.2, 0.25) is 0 Å². The minimum atomic E-state index is -3.32. The van der Waals surface area contributed by atoms with E-state index in [-0.39, 0.29) is 12.2 Å². The number of hydrogen-bond donors (Lipinski definition) is 2. The Morgan fingerprint density at radius 1 is 1.10 bits per heavy atom. The lowest BCUT2D eigenvalue weighted by molar-refractivity contribution is -0.118. The zero-order valence-corrected chi connectivity index (χ0v) is 18.9. The fraction of sp³-hybridized carbons (Fsp3) is 0.364. The average Bonchev–Trinajstić information content (AvgIpc) is 2.71. The second-order valence-electron chi connectivity index (χ2n) is 7.10. The third-order valence-electron chi connectivity index (χ3n) is 4.41. The Hall–Kier alpha value is -3.07. The van der Waals surface area contributed by atoms with Crippen LogP contribution in [0.4, 0.5) is 5.69 Å². The number of carbonyl (C=O) groups excluding carboxylic acids is 2. The van der Waals surface area contributed by atoms with Crippen molar-refractivity contribution in [3.8, 4) is 11.5 Å². The highest BCUT2D eigenvalue weighted by atomic mass is 32.2. The molecule has 0 aliphatic carbocycles. The highest BCUT2D eigenvalue weighted by molar-refractivity contribution is 7.90. The Morgan fingerprint density at radius 2 is 1.84 bits per heavy atom. The van der Waals surface area contributed by atoms with Crippen molar-refractivity contribution in [2.75, 3.05) is 31.0 Å². The number of benzene rings is 2. The number of carbonyl (C=O) groups is 2. The van der Waals surface area contributed by atoms with Gasteiger partial charge in [0.2, 0.25) is 5.91 Å². The van der Waals surface area contributed by atoms with E-state index >= 15 is 0 Å². The van der Waals surface area contributed by atoms with Crippen LogP contribution in [0.5, 0.6) is 11.5 Å². The summed E-state index contributed by atoms with van der Waals surface area (Å²) in [5.74, 6) is -0.260. The molecule has 1 atom stereocenters. The predicted molar refractivity (Wildman–Crippen MR) is 120 cm³/mol. The molecule has 0 heterocycles. The second-order valence-corrected chi connectivity index (χ2v) is 9.36. The fourth-order valence-corrected chi connectivity index (χ4v) is 3.54. The SMILES string of the molecule is CCOc1ccc(NC(=O)[C@@H](CCS(C)(=O)=O)NC(=O)c2cccc(C)c2)cc1OC. The molecule has 31 heavy (non-hydrogen) atoms. The van der Waals surface area contributed by atoms with E-state index in [0.29, 0.717) is 29.4 Å². The molecule has 0 fully saturated rings. The minimum absolute atomic E-state index is 0.0591. The van der Waals surface area contributed by atoms with E-state index in [1.807, 2.05) is 19.9 Å². The van der Waals surface area contributed by atoms with Gasteiger partial charge in [-0.3, -0.25) is 9.59 Å². The summed E-state index contributed by atoms with van der Waals surface area (Å²) in [4.78, 5) is 25.5. The van der Waals surface area contributed by atoms with Gasteiger partial charge in [0, 0.05) is 23.6 Å². The van der Waals surface area contributed by atoms with Gasteiger partial charge in [0.1, 0.15) is 15.9 Å². The molecule has 0 unspecified atom stereocenters. The molecule has 0 saturated heterocycles. The van der Waals surface area contributed by atoms with E-state index < -0.39 is 27.7 Å². The largest absolute Gasteiger partial charge is 0.493 e. The van der Waals surface area contributed by atoms with Crippen LogP contribution in [0.15, 0.2) is 42.5 Å². The van der Waals surface area contributed by atoms with Crippen LogP contribution < -0.4 is 20.1 Å². The number of amides is 2. The Balaban J connectivity index is 2.20. The Labute approximate surface area is 182 Å². The van der Waals surface area contributed by atoms with Gasteiger partial charge in [-0.15, -0.1) is 0 Å². The smallest absolute Gasteiger partial charge is 0.251 e. The summed E-state index contributed by atoms with van der Waals surface area (Å²) in [6.45, 7) is 4.16. The lowest BCUT2D eigenvalue weighted by Gasteiger charge is -2.19. The molecular weight excluding hydrogens is 420 g/mol. The van der Waals surface area contributed by atoms with Crippen LogP contribution in [0.1, 0.15) is 29.3 Å². The van der Waals surface area contributed by atoms with Crippen molar-refractivity contribution in [1.29, 1.82) is 0 Å². The molecule has 0 saturated carbocycles. The lowest BCUT2D eigenvalue weighted by Crippen LogP contribution is -2.44. The molecule has 2 N–H and O–H groups in total. The van der Waals surface area contributed by atoms with Gasteiger partial charge in [0.15, 0.2) is 11.5 Å². The molecule has 2 aromatic carbocycles. The first-order chi connectivity index (χ1) is 14.6. The van der Waals surface area contributed by atoms with E-state index in [1.54, 1.807) is 36.4 Å². The van der Waals surface area contributed by atoms with Gasteiger partial charge in [-0.2, -0.15) is 0 Å². The lowest BCUT2D eigenvalue weighted by atomic mass is 10.1. The third kappa shape index (κ3) is 7.60. The zero-order valence-electron chi connectivity index (χ0n) is 18.1. The van der Waals surface area contributed by atoms with Crippen molar-refractivity contribution in [3.63, 3.8) is 0 Å². The van der Waals surface area contributed by atoms with Crippen LogP contribution in [-0.2, 0) is 14.6 Å². The molecule has 168 valence electrons. The number of rotatable bonds is 10. The van der Waals surface area contributed by atoms with E-state index in [9.17, 15) is 18.0 Å². The third-order valence-corrected chi connectivity index (χ3v) is 5.39. The van der Waals surface area contributed by atoms with Crippen LogP contribution in [0, 0.1) is 6.92 Å². The number of methoxy groups -OCH3 is 1. The van der Waals surface area contributed by atoms with Gasteiger partial charge in [-0.25, -0.2) is 8.42 Å². The molecule has 0 aliphatic rings. The maximum absolute atomic E-state index is 12.9. The van der Waals surface area contributed by atoms with Gasteiger partial charge >= 0.3 is 0 Å². The number of hydrogen-bond acceptors (Lipinski definition) is 6. The van der Waals surface area contributed by atoms with E-state index in [1.165, 1.54) is 7.11 Å². The number of ether oxygens (including phenoxy) is 2. The van der Waals surface area contributed by atoms with Crippen LogP contribution in [0.3, 0.4) is 0 Å². The van der Waals surface area contributed by atoms with Gasteiger partial charge < -0.3 is 20.1 Å². The summed E-state index contributed by atoms with van der Waals surface area (Å²) < 4.78 is 34.0. The summed E-state index contributed by atoms with van der Waals surface area (Å²) >= 11 is 0. The molecule has 0 spiro atoms. The van der Waals surface area contributed by atoms with Crippen molar-refractivity contribution in [1.82, 2.24) is 5.32 Å². The molecule has 0 bridgehead atoms. The van der Waals surface area contributed by atoms with Crippen LogP contribution >= 0.6 is 0 Å². The summed E-state index contributed by atoms with van der Waals surface area (Å²) in [7, 11) is -1.84. The van der Waals surface area contributed by atoms with Crippen LogP contribution in [-0.4, -0.2) is 52.0 Å². The molecular formula is C22H28N2O6S. The van der Waals surface area contributed by atoms with Crippen molar-refractivity contribution >= 4 is 27.3 Å². The molecule has 9 heteroatoms. The second kappa shape index (κ2) is 10.8. The summed E-state index contributed by atoms with van der Waals surface area (Å²) in [5.41, 5.74) is 1.71. The minimum Gasteiger partial charge on any atom is -0.493 e. The number of sulfone groups is 1. The van der Waals surface area contributed by atoms with Gasteiger partial charge in [-0.05, 0) is 44.5 Å². The number of nitrogens with one attached hydrogen (secondary N) is 2. The monoisotopic (exact) mass is 448 g/mol. The van der Waals surface area contributed by atoms with Crippen molar-refractivity contribution < 1.29 is 27.5 Å². The highest BCUT2D eigenvalue weighted by Gasteiger charge is 2.23. The Kier molecular flexibility index (Phi) is 8.44. The van der Waals surface area contributed by atoms with Crippen molar-refractivity contribution in [3.05, 3.63) is 53.6 Å². The molecule has 2 aromatic rings. The van der Waals surface area contributed by atoms with Gasteiger partial charge in [-0.1, -0.05) is 17.7 Å². The van der Waals surface area contributed by atoms with E-state index in [4.69, 9.17) is 9.47 Å². The van der Waals surface area contributed by atoms with Crippen LogP contribution in [0.25, 0.3) is 0 Å².